The number of nitrogens with one attached hydrogen (secondary N) is 1. The van der Waals surface area contributed by atoms with E-state index in [1.165, 1.54) is 5.56 Å². The maximum absolute atomic E-state index is 3.94. The quantitative estimate of drug-likeness (QED) is 0.714. The molecule has 0 aromatic carbocycles. The Morgan fingerprint density at radius 2 is 2.09 bits per heavy atom. The van der Waals surface area contributed by atoms with Gasteiger partial charge in [-0.2, -0.15) is 0 Å². The van der Waals surface area contributed by atoms with Gasteiger partial charge in [0.1, 0.15) is 0 Å². The van der Waals surface area contributed by atoms with Crippen molar-refractivity contribution in [3.8, 4) is 0 Å². The molecular weight excluding hydrogens is 136 g/mol. The molecule has 0 amide bonds. The van der Waals surface area contributed by atoms with Crippen molar-refractivity contribution in [3.63, 3.8) is 0 Å². The van der Waals surface area contributed by atoms with Gasteiger partial charge in [-0.05, 0) is 17.7 Å². The van der Waals surface area contributed by atoms with Crippen LogP contribution in [0.15, 0.2) is 24.5 Å². The summed E-state index contributed by atoms with van der Waals surface area (Å²) in [5, 5.41) is 3.33. The van der Waals surface area contributed by atoms with Crippen LogP contribution in [-0.4, -0.2) is 11.0 Å². The molecule has 1 rings (SSSR count). The van der Waals surface area contributed by atoms with Gasteiger partial charge in [-0.1, -0.05) is 13.8 Å². The fourth-order valence-electron chi connectivity index (χ4n) is 0.823. The monoisotopic (exact) mass is 152 g/mol. The van der Waals surface area contributed by atoms with E-state index in [-0.39, 0.29) is 1.43 Å². The summed E-state index contributed by atoms with van der Waals surface area (Å²) in [5.41, 5.74) is 1.29. The van der Waals surface area contributed by atoms with E-state index in [1.54, 1.807) is 0 Å². The van der Waals surface area contributed by atoms with E-state index in [4.69, 9.17) is 0 Å². The van der Waals surface area contributed by atoms with E-state index < -0.39 is 0 Å². The number of pyridine rings is 1. The Bertz CT molecular complexity index is 199. The lowest BCUT2D eigenvalue weighted by atomic mass is 10.2. The lowest BCUT2D eigenvalue weighted by molar-refractivity contribution is 0.588. The lowest BCUT2D eigenvalue weighted by Gasteiger charge is -2.06. The molecule has 0 aliphatic heterocycles. The molecule has 1 aromatic rings. The predicted molar refractivity (Wildman–Crippen MR) is 48.3 cm³/mol. The van der Waals surface area contributed by atoms with E-state index in [0.717, 1.165) is 6.54 Å². The van der Waals surface area contributed by atoms with Crippen LogP contribution in [0.5, 0.6) is 0 Å². The van der Waals surface area contributed by atoms with Crippen LogP contribution in [0.1, 0.15) is 20.8 Å². The summed E-state index contributed by atoms with van der Waals surface area (Å²) in [6.45, 7) is 5.21. The fourth-order valence-corrected chi connectivity index (χ4v) is 0.823. The van der Waals surface area contributed by atoms with E-state index in [0.29, 0.717) is 6.04 Å². The Kier molecular flexibility index (Phi) is 3.05. The second kappa shape index (κ2) is 4.09. The summed E-state index contributed by atoms with van der Waals surface area (Å²) in [4.78, 5) is 3.94. The SMILES string of the molecule is CC(C)NCc1ccncc1.[HH]. The minimum Gasteiger partial charge on any atom is -0.310 e. The molecule has 2 nitrogen and oxygen atoms in total. The van der Waals surface area contributed by atoms with E-state index in [1.807, 2.05) is 24.5 Å². The number of hydrogen-bond acceptors (Lipinski definition) is 2. The van der Waals surface area contributed by atoms with Crippen LogP contribution in [0.3, 0.4) is 0 Å². The number of nitrogens with zero attached hydrogens (tertiary/aromatic N) is 1. The van der Waals surface area contributed by atoms with Crippen LogP contribution >= 0.6 is 0 Å². The smallest absolute Gasteiger partial charge is 0.0271 e. The van der Waals surface area contributed by atoms with E-state index >= 15 is 0 Å². The molecule has 62 valence electrons. The molecule has 1 aromatic heterocycles. The average molecular weight is 152 g/mol. The van der Waals surface area contributed by atoms with Crippen LogP contribution in [0.4, 0.5) is 0 Å². The molecule has 0 radical (unpaired) electrons. The minimum atomic E-state index is 0. The first-order valence-corrected chi connectivity index (χ1v) is 3.91. The maximum atomic E-state index is 3.94. The molecule has 0 saturated carbocycles. The fraction of sp³-hybridized carbons (Fsp3) is 0.444. The van der Waals surface area contributed by atoms with Gasteiger partial charge in [-0.25, -0.2) is 0 Å². The Balaban J connectivity index is 0.00000121. The first kappa shape index (κ1) is 8.21. The van der Waals surface area contributed by atoms with Crippen LogP contribution in [-0.2, 0) is 6.54 Å². The van der Waals surface area contributed by atoms with Crippen molar-refractivity contribution in [2.45, 2.75) is 26.4 Å². The highest BCUT2D eigenvalue weighted by Crippen LogP contribution is 1.95. The molecule has 0 aliphatic rings. The third kappa shape index (κ3) is 3.14. The Morgan fingerprint density at radius 1 is 1.45 bits per heavy atom. The van der Waals surface area contributed by atoms with Crippen molar-refractivity contribution in [2.24, 2.45) is 0 Å². The number of aromatic nitrogens is 1. The zero-order valence-corrected chi connectivity index (χ0v) is 7.04. The van der Waals surface area contributed by atoms with Gasteiger partial charge in [-0.3, -0.25) is 4.98 Å². The summed E-state index contributed by atoms with van der Waals surface area (Å²) in [6, 6.07) is 4.59. The van der Waals surface area contributed by atoms with Crippen LogP contribution in [0.25, 0.3) is 0 Å². The molecule has 0 fully saturated rings. The highest BCUT2D eigenvalue weighted by atomic mass is 14.9. The molecule has 11 heavy (non-hydrogen) atoms. The summed E-state index contributed by atoms with van der Waals surface area (Å²) in [7, 11) is 0. The third-order valence-electron chi connectivity index (χ3n) is 1.46. The number of hydrogen-bond donors (Lipinski definition) is 1. The standard InChI is InChI=1S/C9H14N2.H2/c1-8(2)11-7-9-3-5-10-6-4-9;/h3-6,8,11H,7H2,1-2H3;1H. The van der Waals surface area contributed by atoms with Gasteiger partial charge < -0.3 is 5.32 Å². The summed E-state index contributed by atoms with van der Waals surface area (Å²) >= 11 is 0. The summed E-state index contributed by atoms with van der Waals surface area (Å²) in [6.07, 6.45) is 3.63. The predicted octanol–water partition coefficient (Wildman–Crippen LogP) is 1.83. The van der Waals surface area contributed by atoms with Crippen molar-refractivity contribution < 1.29 is 1.43 Å². The summed E-state index contributed by atoms with van der Waals surface area (Å²) < 4.78 is 0. The molecule has 0 aliphatic carbocycles. The van der Waals surface area contributed by atoms with Crippen molar-refractivity contribution in [1.29, 1.82) is 0 Å². The maximum Gasteiger partial charge on any atom is 0.0271 e. The van der Waals surface area contributed by atoms with Crippen molar-refractivity contribution in [1.82, 2.24) is 10.3 Å². The van der Waals surface area contributed by atoms with Gasteiger partial charge in [0.2, 0.25) is 0 Å². The average Bonchev–Trinajstić information content (AvgIpc) is 2.03. The Morgan fingerprint density at radius 3 is 2.64 bits per heavy atom. The zero-order chi connectivity index (χ0) is 8.10. The van der Waals surface area contributed by atoms with Gasteiger partial charge in [0, 0.05) is 26.4 Å². The molecule has 0 spiro atoms. The van der Waals surface area contributed by atoms with Gasteiger partial charge in [0.25, 0.3) is 0 Å². The van der Waals surface area contributed by atoms with Crippen molar-refractivity contribution >= 4 is 0 Å². The largest absolute Gasteiger partial charge is 0.310 e. The normalized spacial score (nSPS) is 10.5. The highest BCUT2D eigenvalue weighted by Gasteiger charge is 1.92. The lowest BCUT2D eigenvalue weighted by Crippen LogP contribution is -2.21. The van der Waals surface area contributed by atoms with E-state index in [9.17, 15) is 0 Å². The topological polar surface area (TPSA) is 24.9 Å². The van der Waals surface area contributed by atoms with Crippen molar-refractivity contribution in [2.75, 3.05) is 0 Å². The van der Waals surface area contributed by atoms with Crippen LogP contribution < -0.4 is 5.32 Å². The van der Waals surface area contributed by atoms with E-state index in [2.05, 4.69) is 24.1 Å². The molecule has 0 unspecified atom stereocenters. The van der Waals surface area contributed by atoms with Crippen LogP contribution in [0.2, 0.25) is 0 Å². The third-order valence-corrected chi connectivity index (χ3v) is 1.46. The minimum absolute atomic E-state index is 0. The van der Waals surface area contributed by atoms with Gasteiger partial charge in [-0.15, -0.1) is 0 Å². The van der Waals surface area contributed by atoms with Crippen LogP contribution in [0, 0.1) is 0 Å². The molecular formula is C9H16N2. The molecule has 0 saturated heterocycles. The zero-order valence-electron chi connectivity index (χ0n) is 7.04. The molecule has 2 heteroatoms. The second-order valence-corrected chi connectivity index (χ2v) is 2.89. The molecule has 1 heterocycles. The highest BCUT2D eigenvalue weighted by molar-refractivity contribution is 5.08. The Labute approximate surface area is 69.1 Å². The van der Waals surface area contributed by atoms with Gasteiger partial charge in [0.05, 0.1) is 0 Å². The second-order valence-electron chi connectivity index (χ2n) is 2.89. The van der Waals surface area contributed by atoms with Gasteiger partial charge >= 0.3 is 0 Å². The first-order chi connectivity index (χ1) is 5.29. The molecule has 0 bridgehead atoms. The Hall–Kier alpha value is -0.890. The molecule has 0 atom stereocenters. The first-order valence-electron chi connectivity index (χ1n) is 3.91. The number of rotatable bonds is 3. The van der Waals surface area contributed by atoms with Crippen molar-refractivity contribution in [3.05, 3.63) is 30.1 Å². The summed E-state index contributed by atoms with van der Waals surface area (Å²) in [5.74, 6) is 0. The molecule has 1 N–H and O–H groups in total. The van der Waals surface area contributed by atoms with Gasteiger partial charge in [0.15, 0.2) is 0 Å².